The van der Waals surface area contributed by atoms with Gasteiger partial charge in [-0.05, 0) is 43.7 Å². The van der Waals surface area contributed by atoms with E-state index in [1.54, 1.807) is 0 Å². The fraction of sp³-hybridized carbons (Fsp3) is 0.625. The second kappa shape index (κ2) is 6.89. The van der Waals surface area contributed by atoms with Crippen LogP contribution in [0.5, 0.6) is 5.75 Å². The minimum absolute atomic E-state index is 0.114. The van der Waals surface area contributed by atoms with Gasteiger partial charge < -0.3 is 14.9 Å². The fourth-order valence-corrected chi connectivity index (χ4v) is 2.70. The zero-order valence-electron chi connectivity index (χ0n) is 12.6. The van der Waals surface area contributed by atoms with Gasteiger partial charge in [-0.1, -0.05) is 13.8 Å². The molecule has 1 saturated carbocycles. The lowest BCUT2D eigenvalue weighted by molar-refractivity contribution is -0.143. The van der Waals surface area contributed by atoms with Crippen molar-refractivity contribution in [1.29, 1.82) is 0 Å². The lowest BCUT2D eigenvalue weighted by atomic mass is 9.87. The maximum Gasteiger partial charge on any atom is 0.306 e. The highest BCUT2D eigenvalue weighted by Crippen LogP contribution is 2.29. The number of carbonyl (C=O) groups is 1. The van der Waals surface area contributed by atoms with Crippen molar-refractivity contribution in [3.05, 3.63) is 23.5 Å². The monoisotopic (exact) mass is 293 g/mol. The molecule has 2 N–H and O–H groups in total. The summed E-state index contributed by atoms with van der Waals surface area (Å²) in [7, 11) is 0. The van der Waals surface area contributed by atoms with E-state index in [0.29, 0.717) is 24.3 Å². The summed E-state index contributed by atoms with van der Waals surface area (Å²) in [5.41, 5.74) is 1.44. The van der Waals surface area contributed by atoms with Crippen LogP contribution in [0.2, 0.25) is 0 Å². The quantitative estimate of drug-likeness (QED) is 0.872. The molecule has 1 heterocycles. The third kappa shape index (κ3) is 3.94. The Kier molecular flexibility index (Phi) is 5.17. The van der Waals surface area contributed by atoms with Crippen LogP contribution in [0.25, 0.3) is 0 Å². The molecule has 1 aromatic heterocycles. The van der Waals surface area contributed by atoms with Crippen molar-refractivity contribution >= 4 is 5.97 Å². The van der Waals surface area contributed by atoms with Crippen LogP contribution in [0.15, 0.2) is 12.1 Å². The lowest BCUT2D eigenvalue weighted by Gasteiger charge is -2.28. The smallest absolute Gasteiger partial charge is 0.306 e. The molecule has 116 valence electrons. The van der Waals surface area contributed by atoms with E-state index in [0.717, 1.165) is 18.5 Å². The van der Waals surface area contributed by atoms with Crippen LogP contribution in [-0.4, -0.2) is 27.3 Å². The predicted molar refractivity (Wildman–Crippen MR) is 78.3 cm³/mol. The molecule has 1 aliphatic rings. The number of aliphatic hydroxyl groups is 1. The average Bonchev–Trinajstić information content (AvgIpc) is 2.47. The number of nitrogens with zero attached hydrogens (tertiary/aromatic N) is 1. The first-order valence-electron chi connectivity index (χ1n) is 7.51. The van der Waals surface area contributed by atoms with Crippen LogP contribution >= 0.6 is 0 Å². The fourth-order valence-electron chi connectivity index (χ4n) is 2.70. The summed E-state index contributed by atoms with van der Waals surface area (Å²) in [6.45, 7) is 3.91. The molecular weight excluding hydrogens is 270 g/mol. The Hall–Kier alpha value is -1.62. The van der Waals surface area contributed by atoms with E-state index in [4.69, 9.17) is 9.84 Å². The molecule has 0 amide bonds. The maximum atomic E-state index is 11.1. The van der Waals surface area contributed by atoms with Crippen LogP contribution in [0.1, 0.15) is 56.8 Å². The van der Waals surface area contributed by atoms with Gasteiger partial charge in [0, 0.05) is 5.69 Å². The molecule has 1 fully saturated rings. The molecule has 21 heavy (non-hydrogen) atoms. The van der Waals surface area contributed by atoms with Crippen LogP contribution in [-0.2, 0) is 11.4 Å². The minimum Gasteiger partial charge on any atom is -0.488 e. The van der Waals surface area contributed by atoms with Gasteiger partial charge >= 0.3 is 5.97 Å². The Morgan fingerprint density at radius 2 is 2.19 bits per heavy atom. The van der Waals surface area contributed by atoms with Crippen LogP contribution in [0, 0.1) is 5.92 Å². The molecule has 0 radical (unpaired) electrons. The molecule has 0 spiro atoms. The second-order valence-electron chi connectivity index (χ2n) is 5.94. The van der Waals surface area contributed by atoms with E-state index in [2.05, 4.69) is 4.98 Å². The number of carboxylic acid groups (broad SMARTS) is 1. The van der Waals surface area contributed by atoms with Crippen molar-refractivity contribution in [3.63, 3.8) is 0 Å². The summed E-state index contributed by atoms with van der Waals surface area (Å²) >= 11 is 0. The number of aliphatic hydroxyl groups excluding tert-OH is 1. The van der Waals surface area contributed by atoms with Gasteiger partial charge in [0.1, 0.15) is 11.4 Å². The number of carboxylic acids is 1. The first-order chi connectivity index (χ1) is 10.0. The predicted octanol–water partition coefficient (Wildman–Crippen LogP) is 2.72. The zero-order chi connectivity index (χ0) is 15.4. The van der Waals surface area contributed by atoms with Crippen LogP contribution in [0.4, 0.5) is 0 Å². The van der Waals surface area contributed by atoms with Gasteiger partial charge in [-0.25, -0.2) is 0 Å². The summed E-state index contributed by atoms with van der Waals surface area (Å²) in [6, 6.07) is 3.73. The van der Waals surface area contributed by atoms with Crippen molar-refractivity contribution in [2.45, 2.75) is 58.2 Å². The molecule has 2 rings (SSSR count). The Morgan fingerprint density at radius 1 is 1.43 bits per heavy atom. The molecule has 5 nitrogen and oxygen atoms in total. The lowest BCUT2D eigenvalue weighted by Crippen LogP contribution is -2.29. The largest absolute Gasteiger partial charge is 0.488 e. The maximum absolute atomic E-state index is 11.1. The molecule has 2 atom stereocenters. The number of aromatic nitrogens is 1. The van der Waals surface area contributed by atoms with Gasteiger partial charge in [0.25, 0.3) is 0 Å². The van der Waals surface area contributed by atoms with Gasteiger partial charge in [0.05, 0.1) is 18.6 Å². The number of pyridine rings is 1. The van der Waals surface area contributed by atoms with Crippen LogP contribution in [0.3, 0.4) is 0 Å². The summed E-state index contributed by atoms with van der Waals surface area (Å²) < 4.78 is 5.91. The number of ether oxygens (including phenoxy) is 1. The van der Waals surface area contributed by atoms with Crippen molar-refractivity contribution in [1.82, 2.24) is 4.98 Å². The average molecular weight is 293 g/mol. The Bertz CT molecular complexity index is 501. The van der Waals surface area contributed by atoms with E-state index >= 15 is 0 Å². The van der Waals surface area contributed by atoms with Crippen molar-refractivity contribution in [3.8, 4) is 5.75 Å². The first kappa shape index (κ1) is 15.8. The molecule has 0 aliphatic heterocycles. The van der Waals surface area contributed by atoms with E-state index in [1.165, 1.54) is 0 Å². The third-order valence-corrected chi connectivity index (χ3v) is 3.96. The number of aliphatic carboxylic acids is 1. The van der Waals surface area contributed by atoms with Gasteiger partial charge in [-0.3, -0.25) is 9.78 Å². The van der Waals surface area contributed by atoms with Gasteiger partial charge in [0.15, 0.2) is 0 Å². The SMILES string of the molecule is CC(C)c1ccc(O[C@H]2CCC[C@H](C(=O)O)C2)c(CO)n1. The van der Waals surface area contributed by atoms with Gasteiger partial charge in [-0.15, -0.1) is 0 Å². The summed E-state index contributed by atoms with van der Waals surface area (Å²) in [5, 5.41) is 18.6. The van der Waals surface area contributed by atoms with Gasteiger partial charge in [0.2, 0.25) is 0 Å². The van der Waals surface area contributed by atoms with Crippen LogP contribution < -0.4 is 4.74 Å². The molecule has 0 aromatic carbocycles. The van der Waals surface area contributed by atoms with E-state index in [-0.39, 0.29) is 24.5 Å². The standard InChI is InChI=1S/C16H23NO4/c1-10(2)13-6-7-15(14(9-18)17-13)21-12-5-3-4-11(8-12)16(19)20/h6-7,10-12,18H,3-5,8-9H2,1-2H3,(H,19,20)/t11-,12-/m0/s1. The van der Waals surface area contributed by atoms with Gasteiger partial charge in [-0.2, -0.15) is 0 Å². The minimum atomic E-state index is -0.751. The summed E-state index contributed by atoms with van der Waals surface area (Å²) in [4.78, 5) is 15.5. The normalized spacial score (nSPS) is 22.3. The van der Waals surface area contributed by atoms with Crippen molar-refractivity contribution in [2.24, 2.45) is 5.92 Å². The molecular formula is C16H23NO4. The topological polar surface area (TPSA) is 79.7 Å². The molecule has 0 unspecified atom stereocenters. The van der Waals surface area contributed by atoms with Crippen molar-refractivity contribution in [2.75, 3.05) is 0 Å². The van der Waals surface area contributed by atoms with E-state index < -0.39 is 5.97 Å². The summed E-state index contributed by atoms with van der Waals surface area (Å²) in [5.74, 6) is -0.225. The molecule has 1 aromatic rings. The highest BCUT2D eigenvalue weighted by molar-refractivity contribution is 5.70. The third-order valence-electron chi connectivity index (χ3n) is 3.96. The number of rotatable bonds is 5. The Balaban J connectivity index is 2.10. The highest BCUT2D eigenvalue weighted by Gasteiger charge is 2.28. The Labute approximate surface area is 125 Å². The Morgan fingerprint density at radius 3 is 2.81 bits per heavy atom. The molecule has 5 heteroatoms. The first-order valence-corrected chi connectivity index (χ1v) is 7.51. The number of hydrogen-bond acceptors (Lipinski definition) is 4. The number of hydrogen-bond donors (Lipinski definition) is 2. The second-order valence-corrected chi connectivity index (χ2v) is 5.94. The molecule has 0 saturated heterocycles. The summed E-state index contributed by atoms with van der Waals surface area (Å²) in [6.07, 6.45) is 2.82. The zero-order valence-corrected chi connectivity index (χ0v) is 12.6. The van der Waals surface area contributed by atoms with E-state index in [9.17, 15) is 9.90 Å². The highest BCUT2D eigenvalue weighted by atomic mass is 16.5. The van der Waals surface area contributed by atoms with E-state index in [1.807, 2.05) is 26.0 Å². The molecule has 1 aliphatic carbocycles. The van der Waals surface area contributed by atoms with Crippen molar-refractivity contribution < 1.29 is 19.7 Å². The molecule has 0 bridgehead atoms.